The molecule has 0 atom stereocenters. The number of imide groups is 1. The molecule has 0 unspecified atom stereocenters. The number of carbonyl (C=O) groups is 3. The first kappa shape index (κ1) is 12.2. The van der Waals surface area contributed by atoms with Gasteiger partial charge < -0.3 is 5.11 Å². The number of benzene rings is 1. The standard InChI is InChI=1S/C8H4ClNO2.C2H4O2/c9-10-7(11)5-3-1-2-4-6(5)8(10)12;1-2(3)4/h1-4H;1H3,(H,3,4). The molecule has 0 radical (unpaired) electrons. The van der Waals surface area contributed by atoms with E-state index in [0.29, 0.717) is 15.5 Å². The molecule has 0 saturated carbocycles. The summed E-state index contributed by atoms with van der Waals surface area (Å²) >= 11 is 5.41. The molecule has 0 bridgehead atoms. The first-order valence-electron chi connectivity index (χ1n) is 4.28. The van der Waals surface area contributed by atoms with Crippen molar-refractivity contribution in [1.29, 1.82) is 0 Å². The number of carbonyl (C=O) groups excluding carboxylic acids is 2. The highest BCUT2D eigenvalue weighted by Gasteiger charge is 2.33. The van der Waals surface area contributed by atoms with Gasteiger partial charge in [0.2, 0.25) is 0 Å². The van der Waals surface area contributed by atoms with Crippen LogP contribution in [0, 0.1) is 0 Å². The van der Waals surface area contributed by atoms with E-state index in [1.54, 1.807) is 24.3 Å². The van der Waals surface area contributed by atoms with E-state index in [2.05, 4.69) is 0 Å². The smallest absolute Gasteiger partial charge is 0.300 e. The molecule has 1 aliphatic rings. The molecule has 5 nitrogen and oxygen atoms in total. The van der Waals surface area contributed by atoms with Gasteiger partial charge in [-0.2, -0.15) is 4.42 Å². The summed E-state index contributed by atoms with van der Waals surface area (Å²) in [5.41, 5.74) is 0.745. The second kappa shape index (κ2) is 4.76. The molecular weight excluding hydrogens is 234 g/mol. The largest absolute Gasteiger partial charge is 0.481 e. The molecule has 0 spiro atoms. The minimum Gasteiger partial charge on any atom is -0.481 e. The van der Waals surface area contributed by atoms with Gasteiger partial charge in [-0.1, -0.05) is 12.1 Å². The Morgan fingerprint density at radius 3 is 1.81 bits per heavy atom. The third-order valence-electron chi connectivity index (χ3n) is 1.74. The van der Waals surface area contributed by atoms with Crippen molar-refractivity contribution in [2.24, 2.45) is 0 Å². The minimum atomic E-state index is -0.833. The van der Waals surface area contributed by atoms with E-state index in [1.165, 1.54) is 0 Å². The maximum absolute atomic E-state index is 11.2. The molecule has 2 rings (SSSR count). The number of nitrogens with zero attached hydrogens (tertiary/aromatic N) is 1. The summed E-state index contributed by atoms with van der Waals surface area (Å²) in [6.45, 7) is 1.08. The zero-order valence-electron chi connectivity index (χ0n) is 8.31. The SMILES string of the molecule is CC(=O)O.O=C1c2ccccc2C(=O)N1Cl. The molecule has 1 aromatic carbocycles. The highest BCUT2D eigenvalue weighted by Crippen LogP contribution is 2.23. The molecule has 84 valence electrons. The molecular formula is C10H8ClNO4. The number of carboxylic acids is 1. The average molecular weight is 242 g/mol. The van der Waals surface area contributed by atoms with Gasteiger partial charge in [-0.15, -0.1) is 0 Å². The van der Waals surface area contributed by atoms with Crippen molar-refractivity contribution in [1.82, 2.24) is 4.42 Å². The number of aliphatic carboxylic acids is 1. The molecule has 0 aromatic heterocycles. The Balaban J connectivity index is 0.000000280. The summed E-state index contributed by atoms with van der Waals surface area (Å²) in [5.74, 6) is -1.73. The Kier molecular flexibility index (Phi) is 3.63. The number of fused-ring (bicyclic) bond motifs is 1. The first-order chi connectivity index (χ1) is 7.45. The third-order valence-corrected chi connectivity index (χ3v) is 2.05. The van der Waals surface area contributed by atoms with Crippen LogP contribution in [-0.4, -0.2) is 27.3 Å². The van der Waals surface area contributed by atoms with E-state index < -0.39 is 17.8 Å². The number of hydrogen-bond acceptors (Lipinski definition) is 3. The Morgan fingerprint density at radius 2 is 1.50 bits per heavy atom. The topological polar surface area (TPSA) is 74.7 Å². The van der Waals surface area contributed by atoms with Crippen LogP contribution in [0.25, 0.3) is 0 Å². The van der Waals surface area contributed by atoms with E-state index in [4.69, 9.17) is 21.7 Å². The lowest BCUT2D eigenvalue weighted by Gasteiger charge is -1.97. The van der Waals surface area contributed by atoms with Gasteiger partial charge in [-0.05, 0) is 12.1 Å². The Morgan fingerprint density at radius 1 is 1.19 bits per heavy atom. The first-order valence-corrected chi connectivity index (χ1v) is 4.62. The van der Waals surface area contributed by atoms with Crippen LogP contribution in [-0.2, 0) is 4.79 Å². The third kappa shape index (κ3) is 2.38. The number of amides is 2. The molecule has 1 N–H and O–H groups in total. The Labute approximate surface area is 96.3 Å². The van der Waals surface area contributed by atoms with Gasteiger partial charge in [-0.25, -0.2) is 0 Å². The van der Waals surface area contributed by atoms with Gasteiger partial charge in [0.25, 0.3) is 17.8 Å². The van der Waals surface area contributed by atoms with Crippen LogP contribution >= 0.6 is 11.8 Å². The number of rotatable bonds is 0. The predicted octanol–water partition coefficient (Wildman–Crippen LogP) is 1.53. The monoisotopic (exact) mass is 241 g/mol. The van der Waals surface area contributed by atoms with Gasteiger partial charge >= 0.3 is 0 Å². The normalized spacial score (nSPS) is 13.0. The Bertz CT molecular complexity index is 419. The quantitative estimate of drug-likeness (QED) is 0.552. The van der Waals surface area contributed by atoms with Crippen LogP contribution < -0.4 is 0 Å². The molecule has 16 heavy (non-hydrogen) atoms. The van der Waals surface area contributed by atoms with Crippen LogP contribution in [0.4, 0.5) is 0 Å². The van der Waals surface area contributed by atoms with Crippen LogP contribution in [0.3, 0.4) is 0 Å². The molecule has 0 fully saturated rings. The van der Waals surface area contributed by atoms with Gasteiger partial charge in [-0.3, -0.25) is 14.4 Å². The predicted molar refractivity (Wildman–Crippen MR) is 56.1 cm³/mol. The zero-order valence-corrected chi connectivity index (χ0v) is 9.06. The average Bonchev–Trinajstić information content (AvgIpc) is 2.44. The number of hydrogen-bond donors (Lipinski definition) is 1. The number of carboxylic acid groups (broad SMARTS) is 1. The second-order valence-electron chi connectivity index (χ2n) is 2.96. The lowest BCUT2D eigenvalue weighted by molar-refractivity contribution is -0.134. The molecule has 1 heterocycles. The van der Waals surface area contributed by atoms with Crippen molar-refractivity contribution in [2.45, 2.75) is 6.92 Å². The van der Waals surface area contributed by atoms with E-state index in [-0.39, 0.29) is 0 Å². The molecule has 1 aliphatic heterocycles. The van der Waals surface area contributed by atoms with Crippen molar-refractivity contribution in [3.8, 4) is 0 Å². The van der Waals surface area contributed by atoms with E-state index >= 15 is 0 Å². The highest BCUT2D eigenvalue weighted by atomic mass is 35.5. The molecule has 1 aromatic rings. The molecule has 0 saturated heterocycles. The lowest BCUT2D eigenvalue weighted by Crippen LogP contribution is -2.18. The summed E-state index contributed by atoms with van der Waals surface area (Å²) in [6, 6.07) is 6.55. The summed E-state index contributed by atoms with van der Waals surface area (Å²) in [6.07, 6.45) is 0. The van der Waals surface area contributed by atoms with Gasteiger partial charge in [0, 0.05) is 18.7 Å². The summed E-state index contributed by atoms with van der Waals surface area (Å²) < 4.78 is 0.602. The lowest BCUT2D eigenvalue weighted by atomic mass is 10.1. The summed E-state index contributed by atoms with van der Waals surface area (Å²) in [5, 5.41) is 7.42. The maximum Gasteiger partial charge on any atom is 0.300 e. The fourth-order valence-electron chi connectivity index (χ4n) is 1.16. The van der Waals surface area contributed by atoms with E-state index in [1.807, 2.05) is 0 Å². The van der Waals surface area contributed by atoms with Crippen molar-refractivity contribution < 1.29 is 19.5 Å². The Hall–Kier alpha value is -1.88. The van der Waals surface area contributed by atoms with E-state index in [0.717, 1.165) is 6.92 Å². The summed E-state index contributed by atoms with van der Waals surface area (Å²) in [4.78, 5) is 31.4. The summed E-state index contributed by atoms with van der Waals surface area (Å²) in [7, 11) is 0. The fraction of sp³-hybridized carbons (Fsp3) is 0.100. The van der Waals surface area contributed by atoms with Crippen molar-refractivity contribution in [2.75, 3.05) is 0 Å². The van der Waals surface area contributed by atoms with Gasteiger partial charge in [0.1, 0.15) is 0 Å². The van der Waals surface area contributed by atoms with Crippen LogP contribution in [0.5, 0.6) is 0 Å². The second-order valence-corrected chi connectivity index (χ2v) is 3.29. The highest BCUT2D eigenvalue weighted by molar-refractivity contribution is 6.39. The van der Waals surface area contributed by atoms with Gasteiger partial charge in [0.15, 0.2) is 0 Å². The van der Waals surface area contributed by atoms with Crippen molar-refractivity contribution in [3.63, 3.8) is 0 Å². The van der Waals surface area contributed by atoms with Gasteiger partial charge in [0.05, 0.1) is 11.1 Å². The van der Waals surface area contributed by atoms with Crippen LogP contribution in [0.1, 0.15) is 27.6 Å². The molecule has 0 aliphatic carbocycles. The van der Waals surface area contributed by atoms with Crippen LogP contribution in [0.2, 0.25) is 0 Å². The fourth-order valence-corrected chi connectivity index (χ4v) is 1.34. The van der Waals surface area contributed by atoms with Crippen molar-refractivity contribution in [3.05, 3.63) is 35.4 Å². The number of halogens is 1. The van der Waals surface area contributed by atoms with E-state index in [9.17, 15) is 9.59 Å². The van der Waals surface area contributed by atoms with Crippen molar-refractivity contribution >= 4 is 29.6 Å². The minimum absolute atomic E-state index is 0.373. The van der Waals surface area contributed by atoms with Crippen LogP contribution in [0.15, 0.2) is 24.3 Å². The maximum atomic E-state index is 11.2. The molecule has 6 heteroatoms. The zero-order chi connectivity index (χ0) is 12.3. The molecule has 2 amide bonds.